The molecule has 1 atom stereocenters. The van der Waals surface area contributed by atoms with E-state index in [4.69, 9.17) is 15.4 Å². The Kier molecular flexibility index (Phi) is 2.36. The molecule has 1 heterocycles. The van der Waals surface area contributed by atoms with Crippen molar-refractivity contribution in [2.24, 2.45) is 16.6 Å². The molecular formula is C11H19N3O2. The van der Waals surface area contributed by atoms with Crippen molar-refractivity contribution >= 4 is 0 Å². The molecule has 2 rings (SSSR count). The molecule has 3 N–H and O–H groups in total. The second-order valence-corrected chi connectivity index (χ2v) is 5.66. The van der Waals surface area contributed by atoms with Gasteiger partial charge in [0.25, 0.3) is 0 Å². The molecule has 0 aliphatic heterocycles. The van der Waals surface area contributed by atoms with Crippen molar-refractivity contribution in [1.29, 1.82) is 0 Å². The van der Waals surface area contributed by atoms with Gasteiger partial charge in [-0.1, -0.05) is 32.9 Å². The number of hydrogen-bond donors (Lipinski definition) is 2. The average molecular weight is 225 g/mol. The second kappa shape index (κ2) is 3.28. The molecule has 1 aromatic rings. The highest BCUT2D eigenvalue weighted by atomic mass is 16.5. The molecule has 1 fully saturated rings. The predicted octanol–water partition coefficient (Wildman–Crippen LogP) is 1.21. The molecule has 0 amide bonds. The van der Waals surface area contributed by atoms with Gasteiger partial charge >= 0.3 is 0 Å². The summed E-state index contributed by atoms with van der Waals surface area (Å²) in [6.45, 7) is 8.58. The van der Waals surface area contributed by atoms with Crippen molar-refractivity contribution < 1.29 is 9.63 Å². The smallest absolute Gasteiger partial charge is 0.230 e. The first-order valence-electron chi connectivity index (χ1n) is 5.52. The van der Waals surface area contributed by atoms with Crippen molar-refractivity contribution in [2.75, 3.05) is 6.61 Å². The third-order valence-corrected chi connectivity index (χ3v) is 4.25. The summed E-state index contributed by atoms with van der Waals surface area (Å²) in [5.74, 6) is 1.29. The van der Waals surface area contributed by atoms with Crippen molar-refractivity contribution in [3.8, 4) is 0 Å². The number of aliphatic hydroxyl groups is 1. The Labute approximate surface area is 95.0 Å². The number of nitrogens with zero attached hydrogens (tertiary/aromatic N) is 2. The third kappa shape index (κ3) is 1.38. The maximum atomic E-state index is 8.91. The van der Waals surface area contributed by atoms with Crippen molar-refractivity contribution in [1.82, 2.24) is 10.1 Å². The fraction of sp³-hybridized carbons (Fsp3) is 0.818. The number of aromatic nitrogens is 2. The first kappa shape index (κ1) is 11.5. The highest BCUT2D eigenvalue weighted by molar-refractivity contribution is 5.25. The maximum Gasteiger partial charge on any atom is 0.230 e. The van der Waals surface area contributed by atoms with Gasteiger partial charge in [0.1, 0.15) is 0 Å². The van der Waals surface area contributed by atoms with Gasteiger partial charge in [0, 0.05) is 5.92 Å². The summed E-state index contributed by atoms with van der Waals surface area (Å²) in [6.07, 6.45) is 0. The fourth-order valence-corrected chi connectivity index (χ4v) is 2.41. The van der Waals surface area contributed by atoms with Crippen LogP contribution in [0.25, 0.3) is 0 Å². The van der Waals surface area contributed by atoms with E-state index in [-0.39, 0.29) is 23.4 Å². The Bertz CT molecular complexity index is 384. The average Bonchev–Trinajstić information content (AvgIpc) is 2.60. The van der Waals surface area contributed by atoms with Crippen LogP contribution < -0.4 is 5.73 Å². The normalized spacial score (nSPS) is 24.4. The maximum absolute atomic E-state index is 8.91. The fourth-order valence-electron chi connectivity index (χ4n) is 2.41. The van der Waals surface area contributed by atoms with Crippen LogP contribution in [0.3, 0.4) is 0 Å². The molecule has 1 unspecified atom stereocenters. The molecule has 0 saturated heterocycles. The first-order valence-corrected chi connectivity index (χ1v) is 5.52. The third-order valence-electron chi connectivity index (χ3n) is 4.25. The molecule has 16 heavy (non-hydrogen) atoms. The van der Waals surface area contributed by atoms with Gasteiger partial charge in [-0.15, -0.1) is 0 Å². The van der Waals surface area contributed by atoms with Crippen LogP contribution in [-0.2, 0) is 0 Å². The van der Waals surface area contributed by atoms with E-state index in [1.807, 2.05) is 0 Å². The Morgan fingerprint density at radius 1 is 1.38 bits per heavy atom. The minimum atomic E-state index is -0.553. The van der Waals surface area contributed by atoms with Crippen LogP contribution in [0.5, 0.6) is 0 Å². The summed E-state index contributed by atoms with van der Waals surface area (Å²) < 4.78 is 5.23. The van der Waals surface area contributed by atoms with E-state index in [0.29, 0.717) is 11.7 Å². The van der Waals surface area contributed by atoms with Crippen LogP contribution in [0.15, 0.2) is 4.52 Å². The van der Waals surface area contributed by atoms with Gasteiger partial charge in [-0.3, -0.25) is 0 Å². The molecule has 0 aromatic carbocycles. The standard InChI is InChI=1S/C11H19N3O2/c1-10(2)7(11(10,3)4)9-13-8(14-16-9)6(12)5-15/h6-7,15H,5,12H2,1-4H3. The van der Waals surface area contributed by atoms with Gasteiger partial charge in [-0.05, 0) is 10.8 Å². The summed E-state index contributed by atoms with van der Waals surface area (Å²) >= 11 is 0. The molecule has 0 spiro atoms. The van der Waals surface area contributed by atoms with Gasteiger partial charge < -0.3 is 15.4 Å². The van der Waals surface area contributed by atoms with Crippen molar-refractivity contribution in [3.63, 3.8) is 0 Å². The van der Waals surface area contributed by atoms with Crippen LogP contribution in [0.4, 0.5) is 0 Å². The van der Waals surface area contributed by atoms with E-state index < -0.39 is 6.04 Å². The van der Waals surface area contributed by atoms with Crippen LogP contribution in [0.2, 0.25) is 0 Å². The van der Waals surface area contributed by atoms with Gasteiger partial charge in [-0.25, -0.2) is 0 Å². The van der Waals surface area contributed by atoms with Crippen LogP contribution in [0, 0.1) is 10.8 Å². The van der Waals surface area contributed by atoms with E-state index in [1.165, 1.54) is 0 Å². The summed E-state index contributed by atoms with van der Waals surface area (Å²) in [6, 6.07) is -0.553. The minimum absolute atomic E-state index is 0.167. The largest absolute Gasteiger partial charge is 0.394 e. The molecule has 1 saturated carbocycles. The number of rotatable bonds is 3. The predicted molar refractivity (Wildman–Crippen MR) is 58.6 cm³/mol. The Balaban J connectivity index is 2.22. The zero-order valence-corrected chi connectivity index (χ0v) is 10.2. The second-order valence-electron chi connectivity index (χ2n) is 5.66. The monoisotopic (exact) mass is 225 g/mol. The lowest BCUT2D eigenvalue weighted by Crippen LogP contribution is -2.16. The lowest BCUT2D eigenvalue weighted by Gasteiger charge is -2.03. The van der Waals surface area contributed by atoms with Crippen LogP contribution in [-0.4, -0.2) is 21.9 Å². The Morgan fingerprint density at radius 3 is 2.38 bits per heavy atom. The molecule has 0 radical (unpaired) electrons. The van der Waals surface area contributed by atoms with Gasteiger partial charge in [0.2, 0.25) is 5.89 Å². The van der Waals surface area contributed by atoms with Crippen LogP contribution >= 0.6 is 0 Å². The summed E-state index contributed by atoms with van der Waals surface area (Å²) in [4.78, 5) is 4.27. The summed E-state index contributed by atoms with van der Waals surface area (Å²) in [7, 11) is 0. The lowest BCUT2D eigenvalue weighted by atomic mass is 10.0. The highest BCUT2D eigenvalue weighted by Crippen LogP contribution is 2.73. The van der Waals surface area contributed by atoms with E-state index >= 15 is 0 Å². The number of nitrogens with two attached hydrogens (primary N) is 1. The van der Waals surface area contributed by atoms with E-state index in [0.717, 1.165) is 0 Å². The zero-order valence-electron chi connectivity index (χ0n) is 10.2. The molecule has 1 aromatic heterocycles. The molecular weight excluding hydrogens is 206 g/mol. The molecule has 5 nitrogen and oxygen atoms in total. The Morgan fingerprint density at radius 2 is 1.94 bits per heavy atom. The van der Waals surface area contributed by atoms with Gasteiger partial charge in [-0.2, -0.15) is 4.98 Å². The SMILES string of the molecule is CC1(C)C(c2nc(C(N)CO)no2)C1(C)C. The number of hydrogen-bond acceptors (Lipinski definition) is 5. The number of aliphatic hydroxyl groups excluding tert-OH is 1. The first-order chi connectivity index (χ1) is 7.32. The van der Waals surface area contributed by atoms with Crippen LogP contribution in [0.1, 0.15) is 51.4 Å². The van der Waals surface area contributed by atoms with E-state index in [1.54, 1.807) is 0 Å². The van der Waals surface area contributed by atoms with E-state index in [2.05, 4.69) is 37.8 Å². The quantitative estimate of drug-likeness (QED) is 0.807. The Hall–Kier alpha value is -0.940. The molecule has 1 aliphatic rings. The molecule has 1 aliphatic carbocycles. The van der Waals surface area contributed by atoms with E-state index in [9.17, 15) is 0 Å². The van der Waals surface area contributed by atoms with Crippen molar-refractivity contribution in [3.05, 3.63) is 11.7 Å². The van der Waals surface area contributed by atoms with Gasteiger partial charge in [0.05, 0.1) is 12.6 Å². The topological polar surface area (TPSA) is 85.2 Å². The minimum Gasteiger partial charge on any atom is -0.394 e. The lowest BCUT2D eigenvalue weighted by molar-refractivity contribution is 0.259. The van der Waals surface area contributed by atoms with Crippen molar-refractivity contribution in [2.45, 2.75) is 39.7 Å². The van der Waals surface area contributed by atoms with Gasteiger partial charge in [0.15, 0.2) is 5.82 Å². The molecule has 90 valence electrons. The zero-order chi connectivity index (χ0) is 12.1. The molecule has 0 bridgehead atoms. The highest BCUT2D eigenvalue weighted by Gasteiger charge is 2.67. The molecule has 5 heteroatoms. The summed E-state index contributed by atoms with van der Waals surface area (Å²) in [5.41, 5.74) is 5.96. The summed E-state index contributed by atoms with van der Waals surface area (Å²) in [5, 5.41) is 12.7.